The van der Waals surface area contributed by atoms with Crippen molar-refractivity contribution in [2.45, 2.75) is 6.92 Å². The summed E-state index contributed by atoms with van der Waals surface area (Å²) in [4.78, 5) is 25.2. The van der Waals surface area contributed by atoms with Crippen LogP contribution in [0.5, 0.6) is 5.75 Å². The molecular weight excluding hydrogens is 232 g/mol. The molecule has 2 N–H and O–H groups in total. The maximum atomic E-state index is 11.9. The number of nitrogens with zero attached hydrogens (tertiary/aromatic N) is 1. The van der Waals surface area contributed by atoms with Gasteiger partial charge in [0.25, 0.3) is 11.7 Å². The van der Waals surface area contributed by atoms with Crippen LogP contribution in [0.1, 0.15) is 17.3 Å². The molecule has 96 valence electrons. The maximum Gasteiger partial charge on any atom is 0.299 e. The third-order valence-corrected chi connectivity index (χ3v) is 3.08. The van der Waals surface area contributed by atoms with E-state index in [0.717, 1.165) is 0 Å². The highest BCUT2D eigenvalue weighted by Crippen LogP contribution is 2.32. The minimum absolute atomic E-state index is 0.138. The molecule has 1 aliphatic heterocycles. The lowest BCUT2D eigenvalue weighted by molar-refractivity contribution is -0.114. The van der Waals surface area contributed by atoms with Crippen LogP contribution in [0, 0.1) is 5.92 Å². The van der Waals surface area contributed by atoms with Gasteiger partial charge < -0.3 is 15.4 Å². The predicted molar refractivity (Wildman–Crippen MR) is 67.9 cm³/mol. The second kappa shape index (κ2) is 4.78. The van der Waals surface area contributed by atoms with Crippen LogP contribution in [-0.2, 0) is 4.79 Å². The van der Waals surface area contributed by atoms with E-state index in [4.69, 9.17) is 10.5 Å². The van der Waals surface area contributed by atoms with E-state index in [1.54, 1.807) is 25.3 Å². The summed E-state index contributed by atoms with van der Waals surface area (Å²) >= 11 is 0. The largest absolute Gasteiger partial charge is 0.497 e. The highest BCUT2D eigenvalue weighted by molar-refractivity contribution is 6.52. The van der Waals surface area contributed by atoms with Gasteiger partial charge in [-0.05, 0) is 24.6 Å². The number of hydrogen-bond donors (Lipinski definition) is 1. The lowest BCUT2D eigenvalue weighted by Gasteiger charge is -2.20. The van der Waals surface area contributed by atoms with Crippen molar-refractivity contribution in [2.75, 3.05) is 25.1 Å². The number of benzene rings is 1. The van der Waals surface area contributed by atoms with Gasteiger partial charge in [-0.25, -0.2) is 0 Å². The number of carbonyl (C=O) groups excluding carboxylic acids is 2. The molecule has 1 aromatic carbocycles. The van der Waals surface area contributed by atoms with Crippen LogP contribution in [0.15, 0.2) is 18.2 Å². The number of anilines is 1. The predicted octanol–water partition coefficient (Wildman–Crippen LogP) is 0.819. The zero-order valence-corrected chi connectivity index (χ0v) is 10.5. The van der Waals surface area contributed by atoms with Crippen LogP contribution in [-0.4, -0.2) is 31.9 Å². The van der Waals surface area contributed by atoms with E-state index in [9.17, 15) is 9.59 Å². The summed E-state index contributed by atoms with van der Waals surface area (Å²) in [6.45, 7) is 2.86. The lowest BCUT2D eigenvalue weighted by atomic mass is 10.1. The number of ether oxygens (including phenoxy) is 1. The lowest BCUT2D eigenvalue weighted by Crippen LogP contribution is -2.35. The Morgan fingerprint density at radius 3 is 2.72 bits per heavy atom. The molecule has 1 atom stereocenters. The Morgan fingerprint density at radius 2 is 2.11 bits per heavy atom. The Kier molecular flexibility index (Phi) is 3.34. The first-order chi connectivity index (χ1) is 8.58. The number of Topliss-reactive ketones (excluding diaryl/α,β-unsaturated/α-hetero) is 1. The molecule has 1 aromatic rings. The van der Waals surface area contributed by atoms with Crippen LogP contribution in [0.3, 0.4) is 0 Å². The summed E-state index contributed by atoms with van der Waals surface area (Å²) in [7, 11) is 1.55. The molecule has 0 aromatic heterocycles. The Bertz CT molecular complexity index is 499. The van der Waals surface area contributed by atoms with E-state index in [1.165, 1.54) is 4.90 Å². The smallest absolute Gasteiger partial charge is 0.299 e. The van der Waals surface area contributed by atoms with Crippen LogP contribution < -0.4 is 15.4 Å². The van der Waals surface area contributed by atoms with Crippen molar-refractivity contribution in [2.24, 2.45) is 11.7 Å². The normalized spacial score (nSPS) is 15.8. The van der Waals surface area contributed by atoms with E-state index in [2.05, 4.69) is 0 Å². The molecule has 0 saturated heterocycles. The number of hydrogen-bond acceptors (Lipinski definition) is 4. The van der Waals surface area contributed by atoms with Gasteiger partial charge in [-0.2, -0.15) is 0 Å². The van der Waals surface area contributed by atoms with Gasteiger partial charge in [-0.1, -0.05) is 6.92 Å². The molecule has 1 unspecified atom stereocenters. The third-order valence-electron chi connectivity index (χ3n) is 3.08. The molecule has 0 spiro atoms. The second-order valence-electron chi connectivity index (χ2n) is 4.47. The third kappa shape index (κ3) is 1.97. The first-order valence-corrected chi connectivity index (χ1v) is 5.82. The molecule has 2 rings (SSSR count). The molecule has 0 fully saturated rings. The summed E-state index contributed by atoms with van der Waals surface area (Å²) in [5.41, 5.74) is 6.61. The topological polar surface area (TPSA) is 72.6 Å². The Hall–Kier alpha value is -1.88. The minimum Gasteiger partial charge on any atom is -0.497 e. The fourth-order valence-corrected chi connectivity index (χ4v) is 1.97. The highest BCUT2D eigenvalue weighted by atomic mass is 16.5. The van der Waals surface area contributed by atoms with E-state index >= 15 is 0 Å². The zero-order chi connectivity index (χ0) is 13.3. The fraction of sp³-hybridized carbons (Fsp3) is 0.385. The molecule has 0 radical (unpaired) electrons. The van der Waals surface area contributed by atoms with Crippen LogP contribution in [0.25, 0.3) is 0 Å². The van der Waals surface area contributed by atoms with Crippen molar-refractivity contribution in [1.82, 2.24) is 0 Å². The molecule has 18 heavy (non-hydrogen) atoms. The van der Waals surface area contributed by atoms with Gasteiger partial charge in [0.15, 0.2) is 0 Å². The van der Waals surface area contributed by atoms with E-state index in [-0.39, 0.29) is 5.92 Å². The van der Waals surface area contributed by atoms with Gasteiger partial charge in [0.1, 0.15) is 5.75 Å². The molecule has 1 amide bonds. The molecule has 5 nitrogen and oxygen atoms in total. The number of nitrogens with two attached hydrogens (primary N) is 1. The summed E-state index contributed by atoms with van der Waals surface area (Å²) in [6, 6.07) is 5.02. The number of fused-ring (bicyclic) bond motifs is 1. The summed E-state index contributed by atoms with van der Waals surface area (Å²) in [5, 5.41) is 0. The van der Waals surface area contributed by atoms with Crippen molar-refractivity contribution >= 4 is 17.4 Å². The van der Waals surface area contributed by atoms with Crippen molar-refractivity contribution < 1.29 is 14.3 Å². The Balaban J connectivity index is 2.39. The monoisotopic (exact) mass is 248 g/mol. The fourth-order valence-electron chi connectivity index (χ4n) is 1.97. The summed E-state index contributed by atoms with van der Waals surface area (Å²) in [5.74, 6) is -0.184. The van der Waals surface area contributed by atoms with Crippen LogP contribution >= 0.6 is 0 Å². The highest BCUT2D eigenvalue weighted by Gasteiger charge is 2.36. The van der Waals surface area contributed by atoms with Gasteiger partial charge in [-0.15, -0.1) is 0 Å². The van der Waals surface area contributed by atoms with Gasteiger partial charge in [-0.3, -0.25) is 9.59 Å². The van der Waals surface area contributed by atoms with E-state index < -0.39 is 11.7 Å². The average molecular weight is 248 g/mol. The molecule has 0 aliphatic carbocycles. The van der Waals surface area contributed by atoms with Crippen molar-refractivity contribution in [3.05, 3.63) is 23.8 Å². The van der Waals surface area contributed by atoms with E-state index in [0.29, 0.717) is 30.1 Å². The number of carbonyl (C=O) groups is 2. The van der Waals surface area contributed by atoms with Gasteiger partial charge in [0.2, 0.25) is 0 Å². The van der Waals surface area contributed by atoms with Crippen LogP contribution in [0.4, 0.5) is 5.69 Å². The van der Waals surface area contributed by atoms with Gasteiger partial charge >= 0.3 is 0 Å². The second-order valence-corrected chi connectivity index (χ2v) is 4.47. The Labute approximate surface area is 106 Å². The molecule has 5 heteroatoms. The molecular formula is C13H16N2O3. The average Bonchev–Trinajstić information content (AvgIpc) is 2.63. The molecule has 1 aliphatic rings. The number of methoxy groups -OCH3 is 1. The number of ketones is 1. The van der Waals surface area contributed by atoms with Crippen molar-refractivity contribution in [3.63, 3.8) is 0 Å². The first-order valence-electron chi connectivity index (χ1n) is 5.82. The van der Waals surface area contributed by atoms with Crippen molar-refractivity contribution in [1.29, 1.82) is 0 Å². The quantitative estimate of drug-likeness (QED) is 0.801. The SMILES string of the molecule is COc1ccc2c(c1)N(CC(C)CN)C(=O)C2=O. The summed E-state index contributed by atoms with van der Waals surface area (Å²) < 4.78 is 5.12. The summed E-state index contributed by atoms with van der Waals surface area (Å²) in [6.07, 6.45) is 0. The Morgan fingerprint density at radius 1 is 1.39 bits per heavy atom. The zero-order valence-electron chi connectivity index (χ0n) is 10.5. The maximum absolute atomic E-state index is 11.9. The number of amides is 1. The minimum atomic E-state index is -0.487. The standard InChI is InChI=1S/C13H16N2O3/c1-8(6-14)7-15-11-5-9(18-2)3-4-10(11)12(16)13(15)17/h3-5,8H,6-7,14H2,1-2H3. The molecule has 0 saturated carbocycles. The van der Waals surface area contributed by atoms with Gasteiger partial charge in [0.05, 0.1) is 18.4 Å². The molecule has 0 bridgehead atoms. The first kappa shape index (κ1) is 12.6. The van der Waals surface area contributed by atoms with Crippen LogP contribution in [0.2, 0.25) is 0 Å². The van der Waals surface area contributed by atoms with Crippen molar-refractivity contribution in [3.8, 4) is 5.75 Å². The molecule has 1 heterocycles. The van der Waals surface area contributed by atoms with E-state index in [1.807, 2.05) is 6.92 Å². The number of rotatable bonds is 4. The van der Waals surface area contributed by atoms with Gasteiger partial charge in [0, 0.05) is 12.6 Å².